The Kier molecular flexibility index (Phi) is 1.36. The van der Waals surface area contributed by atoms with Crippen molar-refractivity contribution in [1.29, 1.82) is 0 Å². The van der Waals surface area contributed by atoms with Crippen molar-refractivity contribution in [3.05, 3.63) is 11.5 Å². The summed E-state index contributed by atoms with van der Waals surface area (Å²) in [6.07, 6.45) is 2.64. The fourth-order valence-corrected chi connectivity index (χ4v) is 1.08. The van der Waals surface area contributed by atoms with Gasteiger partial charge >= 0.3 is 0 Å². The lowest BCUT2D eigenvalue weighted by molar-refractivity contribution is 0.432. The van der Waals surface area contributed by atoms with Gasteiger partial charge in [0.1, 0.15) is 12.5 Å². The molecule has 11 heavy (non-hydrogen) atoms. The molecule has 0 radical (unpaired) electrons. The minimum absolute atomic E-state index is 0.150. The van der Waals surface area contributed by atoms with Crippen LogP contribution in [-0.4, -0.2) is 30.5 Å². The van der Waals surface area contributed by atoms with Crippen LogP contribution in [0, 0.1) is 0 Å². The van der Waals surface area contributed by atoms with Crippen molar-refractivity contribution in [2.24, 2.45) is 9.98 Å². The molecule has 0 aromatic heterocycles. The number of aliphatic hydroxyl groups excluding tert-OH is 1. The maximum Gasteiger partial charge on any atom is 0.156 e. The van der Waals surface area contributed by atoms with Crippen LogP contribution in [0.5, 0.6) is 0 Å². The summed E-state index contributed by atoms with van der Waals surface area (Å²) >= 11 is 0. The summed E-state index contributed by atoms with van der Waals surface area (Å²) in [4.78, 5) is 7.75. The molecule has 0 spiro atoms. The highest BCUT2D eigenvalue weighted by Gasteiger charge is 2.22. The topological polar surface area (TPSA) is 69.0 Å². The zero-order valence-corrected chi connectivity index (χ0v) is 5.78. The van der Waals surface area contributed by atoms with Gasteiger partial charge in [0.2, 0.25) is 0 Å². The van der Waals surface area contributed by atoms with Gasteiger partial charge in [0, 0.05) is 0 Å². The van der Waals surface area contributed by atoms with Gasteiger partial charge in [0.05, 0.1) is 18.6 Å². The lowest BCUT2D eigenvalue weighted by Crippen LogP contribution is -2.20. The molecule has 2 aliphatic heterocycles. The number of hydrogen-bond donors (Lipinski definition) is 3. The van der Waals surface area contributed by atoms with Gasteiger partial charge in [-0.1, -0.05) is 0 Å². The molecule has 0 amide bonds. The number of allylic oxidation sites excluding steroid dienone is 1. The van der Waals surface area contributed by atoms with E-state index in [4.69, 9.17) is 0 Å². The van der Waals surface area contributed by atoms with Gasteiger partial charge in [-0.2, -0.15) is 0 Å². The van der Waals surface area contributed by atoms with Crippen LogP contribution in [-0.2, 0) is 0 Å². The van der Waals surface area contributed by atoms with Crippen molar-refractivity contribution in [2.75, 3.05) is 6.67 Å². The smallest absolute Gasteiger partial charge is 0.156 e. The predicted octanol–water partition coefficient (Wildman–Crippen LogP) is -0.655. The normalized spacial score (nSPS) is 28.2. The van der Waals surface area contributed by atoms with Gasteiger partial charge in [-0.05, 0) is 0 Å². The van der Waals surface area contributed by atoms with E-state index in [2.05, 4.69) is 20.6 Å². The van der Waals surface area contributed by atoms with Crippen molar-refractivity contribution < 1.29 is 5.11 Å². The summed E-state index contributed by atoms with van der Waals surface area (Å²) in [5, 5.41) is 15.3. The first kappa shape index (κ1) is 6.36. The maximum atomic E-state index is 9.31. The number of nitrogens with zero attached hydrogens (tertiary/aromatic N) is 2. The van der Waals surface area contributed by atoms with Crippen LogP contribution in [0.25, 0.3) is 0 Å². The Morgan fingerprint density at radius 2 is 2.55 bits per heavy atom. The molecule has 2 heterocycles. The van der Waals surface area contributed by atoms with E-state index < -0.39 is 0 Å². The third kappa shape index (κ3) is 0.988. The second-order valence-electron chi connectivity index (χ2n) is 2.30. The highest BCUT2D eigenvalue weighted by atomic mass is 16.3. The van der Waals surface area contributed by atoms with E-state index in [1.165, 1.54) is 12.6 Å². The zero-order valence-electron chi connectivity index (χ0n) is 5.78. The van der Waals surface area contributed by atoms with E-state index in [0.29, 0.717) is 12.4 Å². The van der Waals surface area contributed by atoms with E-state index in [0.717, 1.165) is 0 Å². The van der Waals surface area contributed by atoms with Crippen molar-refractivity contribution in [3.8, 4) is 0 Å². The molecule has 1 unspecified atom stereocenters. The van der Waals surface area contributed by atoms with Gasteiger partial charge < -0.3 is 10.4 Å². The molecule has 5 heteroatoms. The number of aliphatic hydroxyl groups is 1. The number of aliphatic imine (C=N–C) groups is 2. The second kappa shape index (κ2) is 2.35. The SMILES string of the molecule is OC1=C2NCNC2N=CN=C1. The summed E-state index contributed by atoms with van der Waals surface area (Å²) in [6, 6.07) is 0. The molecule has 0 aromatic carbocycles. The Bertz CT molecular complexity index is 255. The molecule has 0 bridgehead atoms. The van der Waals surface area contributed by atoms with Crippen LogP contribution in [0.4, 0.5) is 0 Å². The molecule has 0 saturated carbocycles. The molecule has 2 aliphatic rings. The largest absolute Gasteiger partial charge is 0.504 e. The highest BCUT2D eigenvalue weighted by molar-refractivity contribution is 5.85. The third-order valence-electron chi connectivity index (χ3n) is 1.60. The van der Waals surface area contributed by atoms with Crippen molar-refractivity contribution in [3.63, 3.8) is 0 Å². The molecule has 58 valence electrons. The van der Waals surface area contributed by atoms with Crippen LogP contribution in [0.15, 0.2) is 21.4 Å². The minimum Gasteiger partial charge on any atom is -0.504 e. The zero-order chi connectivity index (χ0) is 7.68. The number of fused-ring (bicyclic) bond motifs is 1. The minimum atomic E-state index is -0.155. The van der Waals surface area contributed by atoms with Crippen molar-refractivity contribution in [2.45, 2.75) is 6.17 Å². The molecule has 5 nitrogen and oxygen atoms in total. The summed E-state index contributed by atoms with van der Waals surface area (Å²) in [7, 11) is 0. The summed E-state index contributed by atoms with van der Waals surface area (Å²) in [6.45, 7) is 0.634. The van der Waals surface area contributed by atoms with Crippen molar-refractivity contribution in [1.82, 2.24) is 10.6 Å². The molecule has 3 N–H and O–H groups in total. The Hall–Kier alpha value is -1.36. The Balaban J connectivity index is 2.39. The Labute approximate surface area is 63.5 Å². The number of rotatable bonds is 0. The number of nitrogens with one attached hydrogen (secondary N) is 2. The van der Waals surface area contributed by atoms with Crippen LogP contribution >= 0.6 is 0 Å². The first-order valence-electron chi connectivity index (χ1n) is 3.33. The van der Waals surface area contributed by atoms with E-state index in [9.17, 15) is 5.11 Å². The second-order valence-corrected chi connectivity index (χ2v) is 2.30. The molecule has 0 aromatic rings. The van der Waals surface area contributed by atoms with E-state index in [-0.39, 0.29) is 11.9 Å². The van der Waals surface area contributed by atoms with Gasteiger partial charge in [0.25, 0.3) is 0 Å². The van der Waals surface area contributed by atoms with Crippen LogP contribution in [0.2, 0.25) is 0 Å². The molecule has 1 fully saturated rings. The molecule has 1 atom stereocenters. The van der Waals surface area contributed by atoms with E-state index in [1.54, 1.807) is 0 Å². The van der Waals surface area contributed by atoms with E-state index >= 15 is 0 Å². The van der Waals surface area contributed by atoms with Gasteiger partial charge in [-0.3, -0.25) is 5.32 Å². The van der Waals surface area contributed by atoms with Gasteiger partial charge in [-0.25, -0.2) is 9.98 Å². The van der Waals surface area contributed by atoms with Crippen LogP contribution in [0.3, 0.4) is 0 Å². The fraction of sp³-hybridized carbons (Fsp3) is 0.333. The molecular weight excluding hydrogens is 144 g/mol. The first-order chi connectivity index (χ1) is 5.38. The van der Waals surface area contributed by atoms with Gasteiger partial charge in [-0.15, -0.1) is 0 Å². The summed E-state index contributed by atoms with van der Waals surface area (Å²) < 4.78 is 0. The molecule has 1 saturated heterocycles. The average Bonchev–Trinajstić information content (AvgIpc) is 2.40. The van der Waals surface area contributed by atoms with Crippen LogP contribution in [0.1, 0.15) is 0 Å². The van der Waals surface area contributed by atoms with E-state index in [1.807, 2.05) is 0 Å². The standard InChI is InChI=1S/C6H8N4O/c11-4-1-7-2-9-6-5(4)8-3-10-6/h1-2,6,8,10-11H,3H2. The molecule has 2 rings (SSSR count). The Morgan fingerprint density at radius 3 is 3.45 bits per heavy atom. The third-order valence-corrected chi connectivity index (χ3v) is 1.60. The summed E-state index contributed by atoms with van der Waals surface area (Å²) in [5.41, 5.74) is 0.697. The summed E-state index contributed by atoms with van der Waals surface area (Å²) in [5.74, 6) is 0.150. The molecule has 0 aliphatic carbocycles. The van der Waals surface area contributed by atoms with Gasteiger partial charge in [0.15, 0.2) is 5.76 Å². The van der Waals surface area contributed by atoms with Crippen molar-refractivity contribution >= 4 is 12.6 Å². The predicted molar refractivity (Wildman–Crippen MR) is 41.6 cm³/mol. The monoisotopic (exact) mass is 152 g/mol. The lowest BCUT2D eigenvalue weighted by Gasteiger charge is -2.03. The first-order valence-corrected chi connectivity index (χ1v) is 3.33. The maximum absolute atomic E-state index is 9.31. The quantitative estimate of drug-likeness (QED) is 0.432. The Morgan fingerprint density at radius 1 is 1.64 bits per heavy atom. The lowest BCUT2D eigenvalue weighted by atomic mass is 10.3. The fourth-order valence-electron chi connectivity index (χ4n) is 1.08. The average molecular weight is 152 g/mol. The number of hydrogen-bond acceptors (Lipinski definition) is 5. The molecular formula is C6H8N4O. The highest BCUT2D eigenvalue weighted by Crippen LogP contribution is 2.09. The van der Waals surface area contributed by atoms with Crippen LogP contribution < -0.4 is 10.6 Å².